The zero-order valence-electron chi connectivity index (χ0n) is 30.9. The van der Waals surface area contributed by atoms with E-state index in [2.05, 4.69) is 98.8 Å². The molecule has 54 heavy (non-hydrogen) atoms. The second-order valence-corrected chi connectivity index (χ2v) is 14.0. The van der Waals surface area contributed by atoms with E-state index in [0.717, 1.165) is 70.6 Å². The normalized spacial score (nSPS) is 12.2. The van der Waals surface area contributed by atoms with Crippen molar-refractivity contribution in [2.45, 2.75) is 51.4 Å². The minimum atomic E-state index is -0.0132. The zero-order valence-corrected chi connectivity index (χ0v) is 30.9. The van der Waals surface area contributed by atoms with Crippen LogP contribution in [0.1, 0.15) is 70.2 Å². The first-order valence-corrected chi connectivity index (χ1v) is 18.8. The molecular weight excluding hydrogens is 665 g/mol. The van der Waals surface area contributed by atoms with Crippen LogP contribution in [0.25, 0.3) is 0 Å². The lowest BCUT2D eigenvalue weighted by Crippen LogP contribution is -2.05. The van der Waals surface area contributed by atoms with E-state index in [4.69, 9.17) is 9.47 Å². The summed E-state index contributed by atoms with van der Waals surface area (Å²) in [5.41, 5.74) is 8.59. The van der Waals surface area contributed by atoms with Crippen molar-refractivity contribution in [3.8, 4) is 34.5 Å². The van der Waals surface area contributed by atoms with E-state index in [-0.39, 0.29) is 23.3 Å². The highest BCUT2D eigenvalue weighted by molar-refractivity contribution is 5.55. The fourth-order valence-corrected chi connectivity index (χ4v) is 7.09. The van der Waals surface area contributed by atoms with Crippen LogP contribution in [0, 0.1) is 0 Å². The second-order valence-electron chi connectivity index (χ2n) is 14.0. The lowest BCUT2D eigenvalue weighted by molar-refractivity contribution is 0.443. The van der Waals surface area contributed by atoms with Gasteiger partial charge in [-0.25, -0.2) is 0 Å². The van der Waals surface area contributed by atoms with E-state index in [1.54, 1.807) is 12.1 Å². The van der Waals surface area contributed by atoms with Crippen LogP contribution in [0.5, 0.6) is 34.5 Å². The van der Waals surface area contributed by atoms with Gasteiger partial charge in [-0.3, -0.25) is 0 Å². The van der Waals surface area contributed by atoms with Crippen LogP contribution < -0.4 is 9.47 Å². The van der Waals surface area contributed by atoms with Crippen molar-refractivity contribution in [3.05, 3.63) is 214 Å². The molecule has 0 amide bonds. The molecule has 270 valence electrons. The number of hydrogen-bond acceptors (Lipinski definition) is 4. The van der Waals surface area contributed by atoms with Gasteiger partial charge in [-0.05, 0) is 108 Å². The van der Waals surface area contributed by atoms with E-state index in [9.17, 15) is 10.2 Å². The molecule has 2 N–H and O–H groups in total. The average molecular weight is 711 g/mol. The van der Waals surface area contributed by atoms with Gasteiger partial charge in [0.2, 0.25) is 0 Å². The minimum Gasteiger partial charge on any atom is -0.508 e. The highest BCUT2D eigenvalue weighted by Gasteiger charge is 2.21. The molecule has 0 heterocycles. The van der Waals surface area contributed by atoms with Crippen molar-refractivity contribution in [1.82, 2.24) is 0 Å². The Morgan fingerprint density at radius 3 is 1.11 bits per heavy atom. The predicted molar refractivity (Wildman–Crippen MR) is 218 cm³/mol. The number of aromatic hydroxyl groups is 2. The van der Waals surface area contributed by atoms with Crippen LogP contribution in [0.15, 0.2) is 170 Å². The molecule has 0 aliphatic heterocycles. The van der Waals surface area contributed by atoms with Gasteiger partial charge < -0.3 is 19.7 Å². The summed E-state index contributed by atoms with van der Waals surface area (Å²) in [5, 5.41) is 21.3. The average Bonchev–Trinajstić information content (AvgIpc) is 3.22. The largest absolute Gasteiger partial charge is 0.508 e. The monoisotopic (exact) mass is 710 g/mol. The molecule has 0 saturated heterocycles. The molecule has 7 aromatic rings. The van der Waals surface area contributed by atoms with Gasteiger partial charge in [0.05, 0.1) is 0 Å². The van der Waals surface area contributed by atoms with Crippen LogP contribution in [-0.2, 0) is 25.7 Å². The Morgan fingerprint density at radius 2 is 0.741 bits per heavy atom. The summed E-state index contributed by atoms with van der Waals surface area (Å²) < 4.78 is 13.9. The molecule has 0 radical (unpaired) electrons. The summed E-state index contributed by atoms with van der Waals surface area (Å²) in [5.74, 6) is 3.30. The number of ether oxygens (including phenoxy) is 2. The second kappa shape index (κ2) is 17.0. The Morgan fingerprint density at radius 1 is 0.389 bits per heavy atom. The van der Waals surface area contributed by atoms with Gasteiger partial charge in [-0.1, -0.05) is 135 Å². The molecule has 7 aromatic carbocycles. The van der Waals surface area contributed by atoms with E-state index in [0.29, 0.717) is 11.5 Å². The van der Waals surface area contributed by atoms with Gasteiger partial charge >= 0.3 is 0 Å². The predicted octanol–water partition coefficient (Wildman–Crippen LogP) is 12.6. The van der Waals surface area contributed by atoms with Crippen LogP contribution in [0.2, 0.25) is 0 Å². The summed E-state index contributed by atoms with van der Waals surface area (Å²) in [7, 11) is 0. The summed E-state index contributed by atoms with van der Waals surface area (Å²) in [6, 6.07) is 56.6. The smallest absolute Gasteiger partial charge is 0.131 e. The van der Waals surface area contributed by atoms with Crippen molar-refractivity contribution in [3.63, 3.8) is 0 Å². The SMILES string of the molecule is CC(c1ccccc1)c1cc(O)ccc1Oc1cc(CCc2ccccc2)c(Oc2ccc(O)cc2C(C)c2ccccc2)cc1CCc1ccccc1. The van der Waals surface area contributed by atoms with Crippen LogP contribution in [0.3, 0.4) is 0 Å². The number of phenolic OH excluding ortho intramolecular Hbond substituents is 2. The molecule has 0 bridgehead atoms. The number of benzene rings is 7. The zero-order chi connectivity index (χ0) is 37.3. The number of aryl methyl sites for hydroxylation is 4. The Balaban J connectivity index is 1.33. The van der Waals surface area contributed by atoms with E-state index in [1.807, 2.05) is 72.8 Å². The molecule has 0 fully saturated rings. The van der Waals surface area contributed by atoms with Crippen LogP contribution >= 0.6 is 0 Å². The van der Waals surface area contributed by atoms with Crippen molar-refractivity contribution in [2.75, 3.05) is 0 Å². The van der Waals surface area contributed by atoms with E-state index < -0.39 is 0 Å². The molecule has 2 unspecified atom stereocenters. The Hall–Kier alpha value is -6.26. The first-order chi connectivity index (χ1) is 26.4. The number of rotatable bonds is 14. The van der Waals surface area contributed by atoms with Gasteiger partial charge in [0.1, 0.15) is 34.5 Å². The number of hydrogen-bond donors (Lipinski definition) is 2. The van der Waals surface area contributed by atoms with Crippen molar-refractivity contribution >= 4 is 0 Å². The van der Waals surface area contributed by atoms with Crippen LogP contribution in [-0.4, -0.2) is 10.2 Å². The highest BCUT2D eigenvalue weighted by Crippen LogP contribution is 2.42. The molecular formula is C50H46O4. The Labute approximate surface area is 319 Å². The van der Waals surface area contributed by atoms with Gasteiger partial charge in [-0.15, -0.1) is 0 Å². The molecule has 0 spiro atoms. The van der Waals surface area contributed by atoms with E-state index >= 15 is 0 Å². The van der Waals surface area contributed by atoms with Gasteiger partial charge in [-0.2, -0.15) is 0 Å². The molecule has 7 rings (SSSR count). The summed E-state index contributed by atoms with van der Waals surface area (Å²) in [4.78, 5) is 0. The molecule has 2 atom stereocenters. The first-order valence-electron chi connectivity index (χ1n) is 18.8. The summed E-state index contributed by atoms with van der Waals surface area (Å²) in [6.07, 6.45) is 3.08. The first kappa shape index (κ1) is 36.1. The fourth-order valence-electron chi connectivity index (χ4n) is 7.09. The van der Waals surface area contributed by atoms with Gasteiger partial charge in [0.15, 0.2) is 0 Å². The Bertz CT molecular complexity index is 2100. The van der Waals surface area contributed by atoms with E-state index in [1.165, 1.54) is 11.1 Å². The summed E-state index contributed by atoms with van der Waals surface area (Å²) >= 11 is 0. The lowest BCUT2D eigenvalue weighted by atomic mass is 9.92. The molecule has 0 aromatic heterocycles. The quantitative estimate of drug-likeness (QED) is 0.118. The van der Waals surface area contributed by atoms with Gasteiger partial charge in [0.25, 0.3) is 0 Å². The maximum Gasteiger partial charge on any atom is 0.131 e. The Kier molecular flexibility index (Phi) is 11.4. The maximum atomic E-state index is 10.6. The number of phenols is 2. The topological polar surface area (TPSA) is 58.9 Å². The fraction of sp³-hybridized carbons (Fsp3) is 0.160. The third-order valence-electron chi connectivity index (χ3n) is 10.3. The maximum absolute atomic E-state index is 10.6. The summed E-state index contributed by atoms with van der Waals surface area (Å²) in [6.45, 7) is 4.28. The standard InChI is InChI=1S/C50H46O4/c1-35(39-19-11-5-12-20-39)45-33-43(51)27-29-47(45)53-49-31-42(26-24-38-17-9-4-10-18-38)50(32-41(49)25-23-37-15-7-3-8-16-37)54-48-30-28-44(52)34-46(48)36(2)40-21-13-6-14-22-40/h3-22,27-36,51-52H,23-26H2,1-2H3. The van der Waals surface area contributed by atoms with Gasteiger partial charge in [0, 0.05) is 23.0 Å². The lowest BCUT2D eigenvalue weighted by Gasteiger charge is -2.22. The minimum absolute atomic E-state index is 0.0132. The highest BCUT2D eigenvalue weighted by atomic mass is 16.5. The third kappa shape index (κ3) is 8.85. The van der Waals surface area contributed by atoms with Crippen molar-refractivity contribution in [2.24, 2.45) is 0 Å². The third-order valence-corrected chi connectivity index (χ3v) is 10.3. The van der Waals surface area contributed by atoms with Crippen molar-refractivity contribution in [1.29, 1.82) is 0 Å². The molecule has 0 aliphatic carbocycles. The molecule has 0 saturated carbocycles. The molecule has 4 nitrogen and oxygen atoms in total. The molecule has 4 heteroatoms. The van der Waals surface area contributed by atoms with Crippen LogP contribution in [0.4, 0.5) is 0 Å². The van der Waals surface area contributed by atoms with Crippen molar-refractivity contribution < 1.29 is 19.7 Å². The molecule has 0 aliphatic rings.